The molecule has 1 aliphatic rings. The third kappa shape index (κ3) is 2.80. The van der Waals surface area contributed by atoms with Crippen LogP contribution in [0.25, 0.3) is 0 Å². The molecule has 0 bridgehead atoms. The van der Waals surface area contributed by atoms with Crippen LogP contribution in [-0.2, 0) is 22.7 Å². The van der Waals surface area contributed by atoms with Gasteiger partial charge in [0.1, 0.15) is 6.04 Å². The van der Waals surface area contributed by atoms with Gasteiger partial charge in [0.05, 0.1) is 23.0 Å². The van der Waals surface area contributed by atoms with Gasteiger partial charge in [-0.1, -0.05) is 11.6 Å². The van der Waals surface area contributed by atoms with E-state index in [1.54, 1.807) is 16.5 Å². The molecule has 2 heterocycles. The second-order valence-electron chi connectivity index (χ2n) is 4.96. The standard InChI is InChI=1S/C13H19ClN4O2/c1-4-18-10(12(14)8(2)16-18)7-17-6-5-11(19)15-9(3)13(17)20/h9H,4-7H2,1-3H3,(H,15,19). The normalized spacial score (nSPS) is 20.0. The predicted molar refractivity (Wildman–Crippen MR) is 75.3 cm³/mol. The van der Waals surface area contributed by atoms with Gasteiger partial charge in [-0.2, -0.15) is 5.10 Å². The van der Waals surface area contributed by atoms with Gasteiger partial charge in [-0.25, -0.2) is 0 Å². The van der Waals surface area contributed by atoms with Gasteiger partial charge in [0.25, 0.3) is 0 Å². The maximum atomic E-state index is 12.3. The van der Waals surface area contributed by atoms with E-state index in [0.29, 0.717) is 31.1 Å². The van der Waals surface area contributed by atoms with Gasteiger partial charge in [0.2, 0.25) is 11.8 Å². The molecule has 1 atom stereocenters. The minimum Gasteiger partial charge on any atom is -0.345 e. The molecule has 6 nitrogen and oxygen atoms in total. The van der Waals surface area contributed by atoms with Crippen molar-refractivity contribution < 1.29 is 9.59 Å². The Morgan fingerprint density at radius 3 is 2.80 bits per heavy atom. The van der Waals surface area contributed by atoms with Gasteiger partial charge < -0.3 is 10.2 Å². The fourth-order valence-corrected chi connectivity index (χ4v) is 2.55. The Hall–Kier alpha value is -1.56. The fraction of sp³-hybridized carbons (Fsp3) is 0.615. The van der Waals surface area contributed by atoms with Gasteiger partial charge >= 0.3 is 0 Å². The fourth-order valence-electron chi connectivity index (χ4n) is 2.35. The molecule has 1 fully saturated rings. The largest absolute Gasteiger partial charge is 0.345 e. The van der Waals surface area contributed by atoms with Crippen LogP contribution in [0.15, 0.2) is 0 Å². The molecular weight excluding hydrogens is 280 g/mol. The SMILES string of the molecule is CCn1nc(C)c(Cl)c1CN1CCC(=O)NC(C)C1=O. The molecule has 0 aliphatic carbocycles. The lowest BCUT2D eigenvalue weighted by Gasteiger charge is -2.22. The van der Waals surface area contributed by atoms with Crippen molar-refractivity contribution >= 4 is 23.4 Å². The summed E-state index contributed by atoms with van der Waals surface area (Å²) in [6.07, 6.45) is 0.312. The second kappa shape index (κ2) is 5.83. The van der Waals surface area contributed by atoms with E-state index in [4.69, 9.17) is 11.6 Å². The van der Waals surface area contributed by atoms with Crippen LogP contribution < -0.4 is 5.32 Å². The van der Waals surface area contributed by atoms with Crippen LogP contribution in [0.3, 0.4) is 0 Å². The van der Waals surface area contributed by atoms with E-state index in [9.17, 15) is 9.59 Å². The van der Waals surface area contributed by atoms with Gasteiger partial charge in [-0.15, -0.1) is 0 Å². The first-order chi connectivity index (χ1) is 9.43. The summed E-state index contributed by atoms with van der Waals surface area (Å²) in [4.78, 5) is 25.4. The second-order valence-corrected chi connectivity index (χ2v) is 5.34. The van der Waals surface area contributed by atoms with Crippen LogP contribution in [0.4, 0.5) is 0 Å². The molecule has 1 aromatic heterocycles. The highest BCUT2D eigenvalue weighted by molar-refractivity contribution is 6.31. The Kier molecular flexibility index (Phi) is 4.32. The number of nitrogens with one attached hydrogen (secondary N) is 1. The minimum atomic E-state index is -0.497. The van der Waals surface area contributed by atoms with E-state index in [0.717, 1.165) is 11.4 Å². The lowest BCUT2D eigenvalue weighted by molar-refractivity contribution is -0.133. The highest BCUT2D eigenvalue weighted by Crippen LogP contribution is 2.22. The molecule has 0 saturated carbocycles. The molecule has 7 heteroatoms. The van der Waals surface area contributed by atoms with Gasteiger partial charge in [0.15, 0.2) is 0 Å². The smallest absolute Gasteiger partial charge is 0.245 e. The summed E-state index contributed by atoms with van der Waals surface area (Å²) in [5.74, 6) is -0.187. The van der Waals surface area contributed by atoms with Crippen LogP contribution in [0, 0.1) is 6.92 Å². The molecule has 0 spiro atoms. The molecule has 2 amide bonds. The number of carbonyl (C=O) groups excluding carboxylic acids is 2. The molecule has 1 aromatic rings. The number of carbonyl (C=O) groups is 2. The van der Waals surface area contributed by atoms with Crippen molar-refractivity contribution in [2.75, 3.05) is 6.54 Å². The monoisotopic (exact) mass is 298 g/mol. The quantitative estimate of drug-likeness (QED) is 0.909. The number of aromatic nitrogens is 2. The van der Waals surface area contributed by atoms with Crippen molar-refractivity contribution in [2.24, 2.45) is 0 Å². The molecule has 1 saturated heterocycles. The molecule has 0 radical (unpaired) electrons. The molecule has 1 unspecified atom stereocenters. The van der Waals surface area contributed by atoms with E-state index < -0.39 is 6.04 Å². The van der Waals surface area contributed by atoms with Crippen molar-refractivity contribution in [3.05, 3.63) is 16.4 Å². The maximum Gasteiger partial charge on any atom is 0.245 e. The first kappa shape index (κ1) is 14.8. The summed E-state index contributed by atoms with van der Waals surface area (Å²) in [7, 11) is 0. The van der Waals surface area contributed by atoms with E-state index in [1.807, 2.05) is 13.8 Å². The van der Waals surface area contributed by atoms with E-state index in [-0.39, 0.29) is 11.8 Å². The molecule has 2 rings (SSSR count). The van der Waals surface area contributed by atoms with Crippen molar-refractivity contribution in [3.63, 3.8) is 0 Å². The molecule has 1 N–H and O–H groups in total. The zero-order valence-corrected chi connectivity index (χ0v) is 12.7. The van der Waals surface area contributed by atoms with Crippen molar-refractivity contribution in [3.8, 4) is 0 Å². The Balaban J connectivity index is 2.24. The lowest BCUT2D eigenvalue weighted by atomic mass is 10.2. The summed E-state index contributed by atoms with van der Waals surface area (Å²) in [5, 5.41) is 7.60. The Bertz CT molecular complexity index is 541. The van der Waals surface area contributed by atoms with Crippen LogP contribution in [0.5, 0.6) is 0 Å². The Morgan fingerprint density at radius 1 is 1.45 bits per heavy atom. The van der Waals surface area contributed by atoms with E-state index in [1.165, 1.54) is 0 Å². The van der Waals surface area contributed by atoms with Gasteiger partial charge in [-0.05, 0) is 20.8 Å². The van der Waals surface area contributed by atoms with Crippen molar-refractivity contribution in [2.45, 2.75) is 46.3 Å². The predicted octanol–water partition coefficient (Wildman–Crippen LogP) is 1.10. The first-order valence-corrected chi connectivity index (χ1v) is 7.11. The highest BCUT2D eigenvalue weighted by atomic mass is 35.5. The summed E-state index contributed by atoms with van der Waals surface area (Å²) >= 11 is 6.26. The molecule has 110 valence electrons. The Morgan fingerprint density at radius 2 is 2.15 bits per heavy atom. The molecule has 20 heavy (non-hydrogen) atoms. The van der Waals surface area contributed by atoms with Crippen LogP contribution >= 0.6 is 11.6 Å². The first-order valence-electron chi connectivity index (χ1n) is 6.74. The van der Waals surface area contributed by atoms with E-state index in [2.05, 4.69) is 10.4 Å². The molecule has 1 aliphatic heterocycles. The number of halogens is 1. The maximum absolute atomic E-state index is 12.3. The molecular formula is C13H19ClN4O2. The summed E-state index contributed by atoms with van der Waals surface area (Å²) in [6, 6.07) is -0.497. The van der Waals surface area contributed by atoms with E-state index >= 15 is 0 Å². The lowest BCUT2D eigenvalue weighted by Crippen LogP contribution is -2.42. The Labute approximate surface area is 123 Å². The number of aryl methyl sites for hydroxylation is 2. The van der Waals surface area contributed by atoms with Crippen molar-refractivity contribution in [1.29, 1.82) is 0 Å². The number of hydrogen-bond donors (Lipinski definition) is 1. The zero-order chi connectivity index (χ0) is 14.9. The summed E-state index contributed by atoms with van der Waals surface area (Å²) in [6.45, 7) is 6.99. The minimum absolute atomic E-state index is 0.0894. The van der Waals surface area contributed by atoms with Crippen molar-refractivity contribution in [1.82, 2.24) is 20.0 Å². The third-order valence-electron chi connectivity index (χ3n) is 3.46. The number of rotatable bonds is 3. The van der Waals surface area contributed by atoms with Crippen LogP contribution in [-0.4, -0.2) is 39.1 Å². The third-order valence-corrected chi connectivity index (χ3v) is 3.95. The van der Waals surface area contributed by atoms with Crippen LogP contribution in [0.2, 0.25) is 5.02 Å². The van der Waals surface area contributed by atoms with Gasteiger partial charge in [0, 0.05) is 19.5 Å². The topological polar surface area (TPSA) is 67.2 Å². The number of hydrogen-bond acceptors (Lipinski definition) is 3. The summed E-state index contributed by atoms with van der Waals surface area (Å²) in [5.41, 5.74) is 1.58. The zero-order valence-electron chi connectivity index (χ0n) is 11.9. The number of nitrogens with zero attached hydrogens (tertiary/aromatic N) is 3. The highest BCUT2D eigenvalue weighted by Gasteiger charge is 2.28. The average molecular weight is 299 g/mol. The average Bonchev–Trinajstić information content (AvgIpc) is 2.62. The van der Waals surface area contributed by atoms with Crippen LogP contribution in [0.1, 0.15) is 31.7 Å². The number of amides is 2. The molecule has 0 aromatic carbocycles. The summed E-state index contributed by atoms with van der Waals surface area (Å²) < 4.78 is 1.80. The van der Waals surface area contributed by atoms with Gasteiger partial charge in [-0.3, -0.25) is 14.3 Å².